The number of hydrogen-bond acceptors (Lipinski definition) is 6. The molecule has 0 heterocycles. The van der Waals surface area contributed by atoms with Crippen LogP contribution >= 0.6 is 11.8 Å². The van der Waals surface area contributed by atoms with E-state index in [2.05, 4.69) is 0 Å². The summed E-state index contributed by atoms with van der Waals surface area (Å²) in [5.41, 5.74) is 1.15. The molecule has 0 N–H and O–H groups in total. The molecule has 1 fully saturated rings. The minimum Gasteiger partial charge on any atom is -0.466 e. The monoisotopic (exact) mass is 408 g/mol. The molecule has 1 aliphatic rings. The molecular weight excluding hydrogens is 378 g/mol. The van der Waals surface area contributed by atoms with Gasteiger partial charge in [-0.25, -0.2) is 0 Å². The summed E-state index contributed by atoms with van der Waals surface area (Å²) < 4.78 is 11.5. The fourth-order valence-electron chi connectivity index (χ4n) is 3.42. The van der Waals surface area contributed by atoms with E-state index in [1.54, 1.807) is 25.1 Å². The number of carbonyl (C=O) groups is 1. The van der Waals surface area contributed by atoms with Crippen molar-refractivity contribution in [1.82, 2.24) is 0 Å². The van der Waals surface area contributed by atoms with Crippen LogP contribution in [-0.2, 0) is 14.3 Å². The van der Waals surface area contributed by atoms with Gasteiger partial charge in [0.15, 0.2) is 0 Å². The van der Waals surface area contributed by atoms with Crippen LogP contribution in [0.15, 0.2) is 29.2 Å². The third kappa shape index (κ3) is 5.95. The minimum absolute atomic E-state index is 0.00397. The lowest BCUT2D eigenvalue weighted by Gasteiger charge is -2.38. The third-order valence-electron chi connectivity index (χ3n) is 5.04. The lowest BCUT2D eigenvalue weighted by atomic mass is 9.83. The van der Waals surface area contributed by atoms with Crippen molar-refractivity contribution in [3.05, 3.63) is 46.4 Å². The van der Waals surface area contributed by atoms with E-state index in [0.29, 0.717) is 0 Å². The van der Waals surface area contributed by atoms with E-state index < -0.39 is 18.1 Å². The Hall–Kier alpha value is -1.60. The number of carbonyl (C=O) groups excluding carboxylic acids is 1. The zero-order valence-electron chi connectivity index (χ0n) is 17.0. The Labute approximate surface area is 171 Å². The van der Waals surface area contributed by atoms with Crippen LogP contribution in [0.5, 0.6) is 0 Å². The molecular formula is C21H30NO5S. The molecule has 0 amide bonds. The highest BCUT2D eigenvalue weighted by molar-refractivity contribution is 8.00. The highest BCUT2D eigenvalue weighted by Gasteiger charge is 2.48. The van der Waals surface area contributed by atoms with Crippen molar-refractivity contribution >= 4 is 17.7 Å². The van der Waals surface area contributed by atoms with E-state index in [4.69, 9.17) is 9.47 Å². The van der Waals surface area contributed by atoms with Crippen molar-refractivity contribution in [3.63, 3.8) is 0 Å². The van der Waals surface area contributed by atoms with Gasteiger partial charge in [-0.1, -0.05) is 31.5 Å². The smallest absolute Gasteiger partial charge is 0.310 e. The van der Waals surface area contributed by atoms with Crippen molar-refractivity contribution in [2.75, 3.05) is 6.61 Å². The van der Waals surface area contributed by atoms with E-state index in [0.717, 1.165) is 23.3 Å². The summed E-state index contributed by atoms with van der Waals surface area (Å²) in [6.07, 6.45) is 2.94. The Kier molecular flexibility index (Phi) is 8.76. The van der Waals surface area contributed by atoms with Crippen LogP contribution in [0.3, 0.4) is 0 Å². The summed E-state index contributed by atoms with van der Waals surface area (Å²) in [6, 6.07) is 7.14. The highest BCUT2D eigenvalue weighted by atomic mass is 32.2. The summed E-state index contributed by atoms with van der Waals surface area (Å²) in [7, 11) is 0. The average Bonchev–Trinajstić information content (AvgIpc) is 2.68. The van der Waals surface area contributed by atoms with Crippen molar-refractivity contribution in [3.8, 4) is 0 Å². The van der Waals surface area contributed by atoms with E-state index in [-0.39, 0.29) is 35.3 Å². The van der Waals surface area contributed by atoms with Crippen LogP contribution in [0.2, 0.25) is 0 Å². The first-order valence-corrected chi connectivity index (χ1v) is 10.8. The maximum atomic E-state index is 12.7. The van der Waals surface area contributed by atoms with Crippen LogP contribution in [0.4, 0.5) is 0 Å². The minimum atomic E-state index is -0.913. The van der Waals surface area contributed by atoms with Gasteiger partial charge in [0.25, 0.3) is 0 Å². The number of hydrogen-bond donors (Lipinski definition) is 0. The second-order valence-corrected chi connectivity index (χ2v) is 8.33. The number of thioether (sulfide) groups is 1. The molecule has 4 atom stereocenters. The Balaban J connectivity index is 2.33. The van der Waals surface area contributed by atoms with Gasteiger partial charge in [-0.15, -0.1) is 11.8 Å². The zero-order valence-corrected chi connectivity index (χ0v) is 17.8. The second kappa shape index (κ2) is 10.8. The number of esters is 1. The van der Waals surface area contributed by atoms with Crippen molar-refractivity contribution in [2.24, 2.45) is 5.92 Å². The molecule has 1 radical (unpaired) electrons. The molecule has 0 unspecified atom stereocenters. The summed E-state index contributed by atoms with van der Waals surface area (Å²) in [4.78, 5) is 24.9. The first kappa shape index (κ1) is 22.7. The molecule has 0 aliphatic heterocycles. The van der Waals surface area contributed by atoms with Gasteiger partial charge in [-0.2, -0.15) is 0 Å². The third-order valence-corrected chi connectivity index (χ3v) is 6.45. The molecule has 28 heavy (non-hydrogen) atoms. The Morgan fingerprint density at radius 2 is 1.89 bits per heavy atom. The summed E-state index contributed by atoms with van der Waals surface area (Å²) in [6.45, 7) is 8.09. The molecule has 6 nitrogen and oxygen atoms in total. The fraction of sp³-hybridized carbons (Fsp3) is 0.619. The molecule has 0 aromatic heterocycles. The van der Waals surface area contributed by atoms with E-state index >= 15 is 0 Å². The van der Waals surface area contributed by atoms with E-state index in [1.165, 1.54) is 0 Å². The Morgan fingerprint density at radius 3 is 2.43 bits per heavy atom. The van der Waals surface area contributed by atoms with E-state index in [9.17, 15) is 14.9 Å². The molecule has 155 valence electrons. The summed E-state index contributed by atoms with van der Waals surface area (Å²) in [5, 5.41) is 11.2. The van der Waals surface area contributed by atoms with Crippen LogP contribution in [0.1, 0.15) is 45.6 Å². The number of rotatable bonds is 9. The molecule has 0 bridgehead atoms. The van der Waals surface area contributed by atoms with Gasteiger partial charge in [0, 0.05) is 21.5 Å². The predicted octanol–water partition coefficient (Wildman–Crippen LogP) is 4.46. The van der Waals surface area contributed by atoms with Gasteiger partial charge in [-0.05, 0) is 38.8 Å². The summed E-state index contributed by atoms with van der Waals surface area (Å²) in [5.74, 6) is -0.976. The van der Waals surface area contributed by atoms with Gasteiger partial charge in [0.2, 0.25) is 6.04 Å². The van der Waals surface area contributed by atoms with Gasteiger partial charge in [0.1, 0.15) is 0 Å². The molecule has 1 saturated carbocycles. The quantitative estimate of drug-likeness (QED) is 0.341. The number of aryl methyl sites for hydroxylation is 1. The zero-order chi connectivity index (χ0) is 20.7. The maximum absolute atomic E-state index is 12.7. The largest absolute Gasteiger partial charge is 0.466 e. The Morgan fingerprint density at radius 1 is 1.25 bits per heavy atom. The fourth-order valence-corrected chi connectivity index (χ4v) is 4.70. The maximum Gasteiger partial charge on any atom is 0.310 e. The molecule has 1 aliphatic carbocycles. The van der Waals surface area contributed by atoms with Crippen molar-refractivity contribution in [1.29, 1.82) is 0 Å². The van der Waals surface area contributed by atoms with Crippen LogP contribution < -0.4 is 0 Å². The van der Waals surface area contributed by atoms with Gasteiger partial charge >= 0.3 is 5.97 Å². The highest BCUT2D eigenvalue weighted by Crippen LogP contribution is 2.41. The SMILES string of the molecule is CCOC(=O)[C@@H]1C[C@H]([N+](=O)[O-])[CH][C@H](OC(CC)CC)[C@@H]1Sc1ccc(C)cc1. The van der Waals surface area contributed by atoms with Gasteiger partial charge in [-0.3, -0.25) is 14.9 Å². The lowest BCUT2D eigenvalue weighted by Crippen LogP contribution is -2.49. The summed E-state index contributed by atoms with van der Waals surface area (Å²) >= 11 is 1.54. The van der Waals surface area contributed by atoms with Crippen LogP contribution in [0.25, 0.3) is 0 Å². The standard InChI is InChI=1S/C21H30NO5S/c1-5-16(6-2)27-19-13-15(22(24)25)12-18(21(23)26-7-3)20(19)28-17-10-8-14(4)9-11-17/h8-11,13,15-16,18-20H,5-7,12H2,1-4H3/t15-,18+,19-,20+/m0/s1. The van der Waals surface area contributed by atoms with Crippen LogP contribution in [0, 0.1) is 29.4 Å². The first-order chi connectivity index (χ1) is 13.4. The molecule has 0 spiro atoms. The van der Waals surface area contributed by atoms with E-state index in [1.807, 2.05) is 45.0 Å². The number of nitrogens with zero attached hydrogens (tertiary/aromatic N) is 1. The molecule has 2 rings (SSSR count). The van der Waals surface area contributed by atoms with Crippen LogP contribution in [-0.4, -0.2) is 41.0 Å². The first-order valence-electron chi connectivity index (χ1n) is 9.93. The van der Waals surface area contributed by atoms with Crippen molar-refractivity contribution in [2.45, 2.75) is 75.4 Å². The topological polar surface area (TPSA) is 78.7 Å². The van der Waals surface area contributed by atoms with Gasteiger partial charge < -0.3 is 9.47 Å². The predicted molar refractivity (Wildman–Crippen MR) is 110 cm³/mol. The molecule has 1 aromatic rings. The lowest BCUT2D eigenvalue weighted by molar-refractivity contribution is -0.518. The number of benzene rings is 1. The number of nitro groups is 1. The molecule has 0 saturated heterocycles. The van der Waals surface area contributed by atoms with Crippen molar-refractivity contribution < 1.29 is 19.2 Å². The average molecular weight is 409 g/mol. The number of ether oxygens (including phenoxy) is 2. The molecule has 1 aromatic carbocycles. The molecule has 7 heteroatoms. The Bertz CT molecular complexity index is 647. The second-order valence-electron chi connectivity index (χ2n) is 7.07. The van der Waals surface area contributed by atoms with Gasteiger partial charge in [0.05, 0.1) is 31.2 Å². The normalized spacial score (nSPS) is 24.9.